The van der Waals surface area contributed by atoms with Gasteiger partial charge in [-0.05, 0) is 48.4 Å². The largest absolute Gasteiger partial charge is 0.328 e. The molecule has 0 saturated heterocycles. The highest BCUT2D eigenvalue weighted by atomic mass is 79.9. The van der Waals surface area contributed by atoms with E-state index in [0.29, 0.717) is 6.04 Å². The summed E-state index contributed by atoms with van der Waals surface area (Å²) in [5.41, 5.74) is 6.00. The van der Waals surface area contributed by atoms with Gasteiger partial charge in [0.2, 0.25) is 0 Å². The standard InChI is InChI=1S/C12H21BrN2S/c1-3-4-11(14)5-6-15(2)8-12-7-10(13)9-16-12/h7,9,11H,3-6,8,14H2,1-2H3. The van der Waals surface area contributed by atoms with Gasteiger partial charge >= 0.3 is 0 Å². The Balaban J connectivity index is 2.23. The zero-order chi connectivity index (χ0) is 12.0. The number of hydrogen-bond donors (Lipinski definition) is 1. The first-order valence-corrected chi connectivity index (χ1v) is 7.46. The third kappa shape index (κ3) is 5.43. The first kappa shape index (κ1) is 14.2. The lowest BCUT2D eigenvalue weighted by Crippen LogP contribution is -2.27. The molecule has 1 aromatic heterocycles. The molecule has 1 unspecified atom stereocenters. The number of nitrogens with zero attached hydrogens (tertiary/aromatic N) is 1. The van der Waals surface area contributed by atoms with Crippen LogP contribution >= 0.6 is 27.3 Å². The van der Waals surface area contributed by atoms with Gasteiger partial charge < -0.3 is 10.6 Å². The number of rotatable bonds is 7. The molecular formula is C12H21BrN2S. The molecule has 0 radical (unpaired) electrons. The highest BCUT2D eigenvalue weighted by molar-refractivity contribution is 9.10. The second-order valence-electron chi connectivity index (χ2n) is 4.31. The van der Waals surface area contributed by atoms with Crippen LogP contribution in [-0.4, -0.2) is 24.5 Å². The predicted octanol–water partition coefficient (Wildman–Crippen LogP) is 3.46. The van der Waals surface area contributed by atoms with Crippen LogP contribution in [-0.2, 0) is 6.54 Å². The Morgan fingerprint density at radius 1 is 1.50 bits per heavy atom. The van der Waals surface area contributed by atoms with Crippen LogP contribution in [0.4, 0.5) is 0 Å². The topological polar surface area (TPSA) is 29.3 Å². The Morgan fingerprint density at radius 2 is 2.25 bits per heavy atom. The summed E-state index contributed by atoms with van der Waals surface area (Å²) in [6.07, 6.45) is 3.41. The summed E-state index contributed by atoms with van der Waals surface area (Å²) in [5, 5.41) is 2.13. The minimum absolute atomic E-state index is 0.363. The highest BCUT2D eigenvalue weighted by Crippen LogP contribution is 2.20. The van der Waals surface area contributed by atoms with Gasteiger partial charge in [-0.3, -0.25) is 0 Å². The molecule has 0 aliphatic carbocycles. The summed E-state index contributed by atoms with van der Waals surface area (Å²) >= 11 is 5.28. The summed E-state index contributed by atoms with van der Waals surface area (Å²) in [5.74, 6) is 0. The van der Waals surface area contributed by atoms with Crippen LogP contribution in [0.1, 0.15) is 31.1 Å². The quantitative estimate of drug-likeness (QED) is 0.836. The summed E-state index contributed by atoms with van der Waals surface area (Å²) in [6, 6.07) is 2.55. The molecule has 1 heterocycles. The Labute approximate surface area is 111 Å². The molecule has 1 atom stereocenters. The molecule has 0 fully saturated rings. The first-order valence-electron chi connectivity index (χ1n) is 5.78. The Kier molecular flexibility index (Phi) is 6.58. The molecule has 2 nitrogen and oxygen atoms in total. The molecule has 2 N–H and O–H groups in total. The summed E-state index contributed by atoms with van der Waals surface area (Å²) in [7, 11) is 2.16. The van der Waals surface area contributed by atoms with E-state index < -0.39 is 0 Å². The average Bonchev–Trinajstić information content (AvgIpc) is 2.61. The van der Waals surface area contributed by atoms with Crippen molar-refractivity contribution >= 4 is 27.3 Å². The maximum Gasteiger partial charge on any atom is 0.0325 e. The third-order valence-electron chi connectivity index (χ3n) is 2.59. The lowest BCUT2D eigenvalue weighted by atomic mass is 10.1. The van der Waals surface area contributed by atoms with E-state index in [0.717, 1.165) is 25.9 Å². The van der Waals surface area contributed by atoms with Crippen LogP contribution in [0.25, 0.3) is 0 Å². The smallest absolute Gasteiger partial charge is 0.0325 e. The van der Waals surface area contributed by atoms with Gasteiger partial charge in [0, 0.05) is 27.3 Å². The molecule has 1 aromatic rings. The lowest BCUT2D eigenvalue weighted by Gasteiger charge is -2.18. The second-order valence-corrected chi connectivity index (χ2v) is 6.22. The van der Waals surface area contributed by atoms with Crippen molar-refractivity contribution in [3.05, 3.63) is 20.8 Å². The molecule has 0 spiro atoms. The van der Waals surface area contributed by atoms with Crippen molar-refractivity contribution in [2.24, 2.45) is 5.73 Å². The van der Waals surface area contributed by atoms with E-state index in [2.05, 4.69) is 46.2 Å². The summed E-state index contributed by atoms with van der Waals surface area (Å²) in [6.45, 7) is 4.29. The Hall–Kier alpha value is 0.1000. The van der Waals surface area contributed by atoms with Crippen LogP contribution < -0.4 is 5.73 Å². The number of halogens is 1. The zero-order valence-corrected chi connectivity index (χ0v) is 12.5. The first-order chi connectivity index (χ1) is 7.61. The molecule has 0 aliphatic heterocycles. The molecule has 0 aromatic carbocycles. The van der Waals surface area contributed by atoms with E-state index in [1.54, 1.807) is 11.3 Å². The van der Waals surface area contributed by atoms with Crippen molar-refractivity contribution in [1.82, 2.24) is 4.90 Å². The predicted molar refractivity (Wildman–Crippen MR) is 75.9 cm³/mol. The van der Waals surface area contributed by atoms with E-state index in [1.807, 2.05) is 0 Å². The molecule has 1 rings (SSSR count). The van der Waals surface area contributed by atoms with E-state index in [9.17, 15) is 0 Å². The number of hydrogen-bond acceptors (Lipinski definition) is 3. The lowest BCUT2D eigenvalue weighted by molar-refractivity contribution is 0.310. The van der Waals surface area contributed by atoms with Gasteiger partial charge in [-0.25, -0.2) is 0 Å². The second kappa shape index (κ2) is 7.43. The molecule has 0 aliphatic rings. The van der Waals surface area contributed by atoms with Crippen LogP contribution in [0, 0.1) is 0 Å². The fraction of sp³-hybridized carbons (Fsp3) is 0.667. The van der Waals surface area contributed by atoms with Crippen molar-refractivity contribution in [2.45, 2.75) is 38.8 Å². The number of nitrogens with two attached hydrogens (primary N) is 1. The third-order valence-corrected chi connectivity index (χ3v) is 4.27. The molecule has 0 amide bonds. The maximum absolute atomic E-state index is 6.00. The van der Waals surface area contributed by atoms with Crippen molar-refractivity contribution < 1.29 is 0 Å². The molecule has 92 valence electrons. The molecule has 4 heteroatoms. The maximum atomic E-state index is 6.00. The molecule has 16 heavy (non-hydrogen) atoms. The minimum atomic E-state index is 0.363. The zero-order valence-electron chi connectivity index (χ0n) is 10.1. The molecule has 0 saturated carbocycles. The number of thiophene rings is 1. The van der Waals surface area contributed by atoms with Gasteiger partial charge in [-0.15, -0.1) is 11.3 Å². The van der Waals surface area contributed by atoms with Crippen LogP contribution in [0.2, 0.25) is 0 Å². The normalized spacial score (nSPS) is 13.3. The molecular weight excluding hydrogens is 284 g/mol. The summed E-state index contributed by atoms with van der Waals surface area (Å²) < 4.78 is 1.18. The van der Waals surface area contributed by atoms with Gasteiger partial charge in [0.15, 0.2) is 0 Å². The van der Waals surface area contributed by atoms with Crippen molar-refractivity contribution in [3.8, 4) is 0 Å². The average molecular weight is 305 g/mol. The van der Waals surface area contributed by atoms with Crippen LogP contribution in [0.5, 0.6) is 0 Å². The Morgan fingerprint density at radius 3 is 2.81 bits per heavy atom. The monoisotopic (exact) mass is 304 g/mol. The van der Waals surface area contributed by atoms with Crippen molar-refractivity contribution in [2.75, 3.05) is 13.6 Å². The molecule has 0 bridgehead atoms. The van der Waals surface area contributed by atoms with E-state index in [1.165, 1.54) is 15.8 Å². The van der Waals surface area contributed by atoms with Crippen LogP contribution in [0.3, 0.4) is 0 Å². The van der Waals surface area contributed by atoms with E-state index in [4.69, 9.17) is 5.73 Å². The minimum Gasteiger partial charge on any atom is -0.328 e. The van der Waals surface area contributed by atoms with Gasteiger partial charge in [0.1, 0.15) is 0 Å². The van der Waals surface area contributed by atoms with Crippen molar-refractivity contribution in [3.63, 3.8) is 0 Å². The fourth-order valence-corrected chi connectivity index (χ4v) is 3.21. The van der Waals surface area contributed by atoms with Crippen LogP contribution in [0.15, 0.2) is 15.9 Å². The fourth-order valence-electron chi connectivity index (χ4n) is 1.68. The van der Waals surface area contributed by atoms with Gasteiger partial charge in [0.05, 0.1) is 0 Å². The van der Waals surface area contributed by atoms with Gasteiger partial charge in [0.25, 0.3) is 0 Å². The highest BCUT2D eigenvalue weighted by Gasteiger charge is 2.06. The Bertz CT molecular complexity index is 301. The van der Waals surface area contributed by atoms with Gasteiger partial charge in [-0.2, -0.15) is 0 Å². The van der Waals surface area contributed by atoms with E-state index in [-0.39, 0.29) is 0 Å². The van der Waals surface area contributed by atoms with Gasteiger partial charge in [-0.1, -0.05) is 13.3 Å². The summed E-state index contributed by atoms with van der Waals surface area (Å²) in [4.78, 5) is 3.74. The van der Waals surface area contributed by atoms with Crippen molar-refractivity contribution in [1.29, 1.82) is 0 Å². The SMILES string of the molecule is CCCC(N)CCN(C)Cc1cc(Br)cs1. The van der Waals surface area contributed by atoms with E-state index >= 15 is 0 Å².